The number of carbonyl (C=O) groups is 2. The van der Waals surface area contributed by atoms with E-state index in [1.165, 1.54) is 0 Å². The van der Waals surface area contributed by atoms with Gasteiger partial charge in [0.25, 0.3) is 5.91 Å². The van der Waals surface area contributed by atoms with E-state index in [9.17, 15) is 9.59 Å². The highest BCUT2D eigenvalue weighted by Gasteiger charge is 2.25. The van der Waals surface area contributed by atoms with Crippen LogP contribution in [0.15, 0.2) is 42.5 Å². The molecule has 2 unspecified atom stereocenters. The first kappa shape index (κ1) is 26.5. The van der Waals surface area contributed by atoms with Gasteiger partial charge in [-0.2, -0.15) is 0 Å². The maximum atomic E-state index is 13.5. The number of amides is 2. The summed E-state index contributed by atoms with van der Waals surface area (Å²) in [5.74, 6) is 0.957. The van der Waals surface area contributed by atoms with Gasteiger partial charge in [0.2, 0.25) is 5.91 Å². The minimum absolute atomic E-state index is 0.0519. The topological polar surface area (TPSA) is 67.2 Å². The number of hydrogen-bond acceptors (Lipinski definition) is 3. The van der Waals surface area contributed by atoms with Crippen LogP contribution in [-0.2, 0) is 17.8 Å². The fraction of sp³-hybridized carbons (Fsp3) is 0.483. The van der Waals surface area contributed by atoms with Crippen LogP contribution in [0.4, 0.5) is 0 Å². The number of nitrogens with one attached hydrogen (secondary N) is 1. The lowest BCUT2D eigenvalue weighted by Gasteiger charge is -2.34. The number of benzene rings is 2. The molecule has 35 heavy (non-hydrogen) atoms. The standard InChI is InChI=1S/C29H40N4O2/c1-7-22(5)33(23(6)8-2)28(34)19-32-26-13-10-9-12-25(26)31-27(32)14-11-17-30-29(35)24-16-15-20(3)18-21(24)4/h9-10,12-13,15-16,18,22-23H,7-8,11,14,17,19H2,1-6H3,(H,30,35). The van der Waals surface area contributed by atoms with Crippen LogP contribution >= 0.6 is 0 Å². The molecule has 6 nitrogen and oxygen atoms in total. The van der Waals surface area contributed by atoms with E-state index >= 15 is 0 Å². The van der Waals surface area contributed by atoms with Crippen LogP contribution in [0.2, 0.25) is 0 Å². The molecule has 0 aliphatic rings. The summed E-state index contributed by atoms with van der Waals surface area (Å²) in [7, 11) is 0. The van der Waals surface area contributed by atoms with Crippen LogP contribution in [-0.4, -0.2) is 44.9 Å². The minimum Gasteiger partial charge on any atom is -0.352 e. The molecular formula is C29H40N4O2. The lowest BCUT2D eigenvalue weighted by molar-refractivity contribution is -0.136. The normalized spacial score (nSPS) is 13.0. The molecule has 0 fully saturated rings. The van der Waals surface area contributed by atoms with Gasteiger partial charge in [0, 0.05) is 30.6 Å². The first-order valence-corrected chi connectivity index (χ1v) is 12.9. The highest BCUT2D eigenvalue weighted by Crippen LogP contribution is 2.20. The van der Waals surface area contributed by atoms with E-state index in [2.05, 4.69) is 37.6 Å². The van der Waals surface area contributed by atoms with Gasteiger partial charge in [-0.3, -0.25) is 9.59 Å². The largest absolute Gasteiger partial charge is 0.352 e. The van der Waals surface area contributed by atoms with Gasteiger partial charge in [0.15, 0.2) is 0 Å². The van der Waals surface area contributed by atoms with Crippen molar-refractivity contribution in [3.8, 4) is 0 Å². The molecule has 0 saturated heterocycles. The van der Waals surface area contributed by atoms with Crippen molar-refractivity contribution in [1.82, 2.24) is 19.8 Å². The Morgan fingerprint density at radius 1 is 1.03 bits per heavy atom. The molecule has 2 atom stereocenters. The minimum atomic E-state index is -0.0519. The molecule has 0 aliphatic heterocycles. The van der Waals surface area contributed by atoms with E-state index < -0.39 is 0 Å². The summed E-state index contributed by atoms with van der Waals surface area (Å²) in [6, 6.07) is 14.2. The number of hydrogen-bond donors (Lipinski definition) is 1. The number of rotatable bonds is 11. The second-order valence-electron chi connectivity index (χ2n) is 9.60. The maximum absolute atomic E-state index is 13.5. The van der Waals surface area contributed by atoms with Crippen LogP contribution in [0.25, 0.3) is 11.0 Å². The second-order valence-corrected chi connectivity index (χ2v) is 9.60. The number of aryl methyl sites for hydroxylation is 3. The number of para-hydroxylation sites is 2. The third-order valence-electron chi connectivity index (χ3n) is 6.94. The quantitative estimate of drug-likeness (QED) is 0.375. The van der Waals surface area contributed by atoms with E-state index in [4.69, 9.17) is 4.98 Å². The van der Waals surface area contributed by atoms with Gasteiger partial charge in [0.1, 0.15) is 12.4 Å². The zero-order chi connectivity index (χ0) is 25.5. The van der Waals surface area contributed by atoms with Crippen LogP contribution in [0.5, 0.6) is 0 Å². The lowest BCUT2D eigenvalue weighted by Crippen LogP contribution is -2.45. The molecule has 0 spiro atoms. The number of nitrogens with zero attached hydrogens (tertiary/aromatic N) is 3. The summed E-state index contributed by atoms with van der Waals surface area (Å²) in [5, 5.41) is 3.04. The second kappa shape index (κ2) is 12.0. The Bertz CT molecular complexity index is 1160. The third-order valence-corrected chi connectivity index (χ3v) is 6.94. The molecule has 3 rings (SSSR count). The Kier molecular flexibility index (Phi) is 9.07. The van der Waals surface area contributed by atoms with Crippen molar-refractivity contribution in [3.05, 3.63) is 65.0 Å². The molecule has 0 bridgehead atoms. The van der Waals surface area contributed by atoms with Crippen molar-refractivity contribution < 1.29 is 9.59 Å². The first-order chi connectivity index (χ1) is 16.8. The van der Waals surface area contributed by atoms with Gasteiger partial charge < -0.3 is 14.8 Å². The Morgan fingerprint density at radius 3 is 2.37 bits per heavy atom. The van der Waals surface area contributed by atoms with E-state index in [1.54, 1.807) is 0 Å². The zero-order valence-corrected chi connectivity index (χ0v) is 22.1. The van der Waals surface area contributed by atoms with Gasteiger partial charge in [0.05, 0.1) is 11.0 Å². The van der Waals surface area contributed by atoms with Crippen LogP contribution in [0.3, 0.4) is 0 Å². The highest BCUT2D eigenvalue weighted by atomic mass is 16.2. The monoisotopic (exact) mass is 476 g/mol. The average Bonchev–Trinajstić information content (AvgIpc) is 3.18. The smallest absolute Gasteiger partial charge is 0.251 e. The van der Waals surface area contributed by atoms with Crippen LogP contribution < -0.4 is 5.32 Å². The van der Waals surface area contributed by atoms with Crippen molar-refractivity contribution in [3.63, 3.8) is 0 Å². The van der Waals surface area contributed by atoms with E-state index in [0.29, 0.717) is 18.5 Å². The molecule has 1 heterocycles. The fourth-order valence-electron chi connectivity index (χ4n) is 4.64. The zero-order valence-electron chi connectivity index (χ0n) is 22.1. The molecule has 2 amide bonds. The average molecular weight is 477 g/mol. The molecule has 1 N–H and O–H groups in total. The summed E-state index contributed by atoms with van der Waals surface area (Å²) in [6.45, 7) is 13.3. The predicted octanol–water partition coefficient (Wildman–Crippen LogP) is 5.44. The molecular weight excluding hydrogens is 436 g/mol. The Hall–Kier alpha value is -3.15. The molecule has 0 radical (unpaired) electrons. The fourth-order valence-corrected chi connectivity index (χ4v) is 4.64. The summed E-state index contributed by atoms with van der Waals surface area (Å²) >= 11 is 0. The SMILES string of the molecule is CCC(C)N(C(=O)Cn1c(CCCNC(=O)c2ccc(C)cc2C)nc2ccccc21)C(C)CC. The first-order valence-electron chi connectivity index (χ1n) is 12.9. The van der Waals surface area contributed by atoms with Crippen molar-refractivity contribution in [2.75, 3.05) is 6.54 Å². The number of fused-ring (bicyclic) bond motifs is 1. The third kappa shape index (κ3) is 6.30. The molecule has 2 aromatic carbocycles. The summed E-state index contributed by atoms with van der Waals surface area (Å²) < 4.78 is 2.06. The molecule has 3 aromatic rings. The van der Waals surface area contributed by atoms with Gasteiger partial charge >= 0.3 is 0 Å². The molecule has 6 heteroatoms. The van der Waals surface area contributed by atoms with Crippen LogP contribution in [0.1, 0.15) is 74.3 Å². The highest BCUT2D eigenvalue weighted by molar-refractivity contribution is 5.95. The Labute approximate surface area is 209 Å². The predicted molar refractivity (Wildman–Crippen MR) is 143 cm³/mol. The lowest BCUT2D eigenvalue weighted by atomic mass is 10.1. The van der Waals surface area contributed by atoms with Crippen molar-refractivity contribution in [2.45, 2.75) is 85.9 Å². The van der Waals surface area contributed by atoms with Crippen molar-refractivity contribution in [1.29, 1.82) is 0 Å². The molecule has 1 aromatic heterocycles. The Balaban J connectivity index is 1.72. The number of imidazole rings is 1. The molecule has 0 aliphatic carbocycles. The number of carbonyl (C=O) groups excluding carboxylic acids is 2. The van der Waals surface area contributed by atoms with E-state index in [-0.39, 0.29) is 30.4 Å². The van der Waals surface area contributed by atoms with Crippen LogP contribution in [0, 0.1) is 13.8 Å². The van der Waals surface area contributed by atoms with E-state index in [1.807, 2.05) is 61.2 Å². The summed E-state index contributed by atoms with van der Waals surface area (Å²) in [4.78, 5) is 32.9. The summed E-state index contributed by atoms with van der Waals surface area (Å²) in [6.07, 6.45) is 3.28. The van der Waals surface area contributed by atoms with Gasteiger partial charge in [-0.05, 0) is 70.7 Å². The van der Waals surface area contributed by atoms with Gasteiger partial charge in [-0.25, -0.2) is 4.98 Å². The van der Waals surface area contributed by atoms with Gasteiger partial charge in [-0.1, -0.05) is 43.7 Å². The maximum Gasteiger partial charge on any atom is 0.251 e. The van der Waals surface area contributed by atoms with Gasteiger partial charge in [-0.15, -0.1) is 0 Å². The van der Waals surface area contributed by atoms with Crippen molar-refractivity contribution >= 4 is 22.8 Å². The summed E-state index contributed by atoms with van der Waals surface area (Å²) in [5.41, 5.74) is 4.71. The molecule has 0 saturated carbocycles. The van der Waals surface area contributed by atoms with E-state index in [0.717, 1.165) is 47.2 Å². The Morgan fingerprint density at radius 2 is 1.71 bits per heavy atom. The van der Waals surface area contributed by atoms with Crippen molar-refractivity contribution in [2.24, 2.45) is 0 Å². The molecule has 188 valence electrons. The number of aromatic nitrogens is 2.